The average Bonchev–Trinajstić information content (AvgIpc) is 2.48. The number of nitrogens with zero attached hydrogens (tertiary/aromatic N) is 1. The van der Waals surface area contributed by atoms with Gasteiger partial charge < -0.3 is 10.1 Å². The molecule has 1 fully saturated rings. The molecule has 0 aliphatic carbocycles. The van der Waals surface area contributed by atoms with Crippen molar-refractivity contribution in [2.24, 2.45) is 5.92 Å². The molecule has 0 saturated carbocycles. The van der Waals surface area contributed by atoms with Gasteiger partial charge in [-0.25, -0.2) is 0 Å². The molecule has 2 atom stereocenters. The summed E-state index contributed by atoms with van der Waals surface area (Å²) in [6.45, 7) is 5.73. The molecule has 1 heterocycles. The maximum Gasteiger partial charge on any atom is 0.133 e. The van der Waals surface area contributed by atoms with Crippen molar-refractivity contribution in [1.82, 2.24) is 10.2 Å². The molecule has 0 spiro atoms. The molecule has 0 aromatic heterocycles. The molecule has 1 aromatic rings. The molecule has 118 valence electrons. The normalized spacial score (nSPS) is 23.2. The minimum atomic E-state index is 0.508. The van der Waals surface area contributed by atoms with Gasteiger partial charge >= 0.3 is 0 Å². The minimum absolute atomic E-state index is 0.508. The summed E-state index contributed by atoms with van der Waals surface area (Å²) < 4.78 is 6.41. The Morgan fingerprint density at radius 1 is 1.43 bits per heavy atom. The second kappa shape index (κ2) is 8.16. The molecule has 1 N–H and O–H groups in total. The Morgan fingerprint density at radius 3 is 2.86 bits per heavy atom. The largest absolute Gasteiger partial charge is 0.496 e. The molecule has 1 aliphatic rings. The highest BCUT2D eigenvalue weighted by molar-refractivity contribution is 9.10. The van der Waals surface area contributed by atoms with Crippen LogP contribution in [-0.2, 0) is 0 Å². The summed E-state index contributed by atoms with van der Waals surface area (Å²) >= 11 is 3.63. The summed E-state index contributed by atoms with van der Waals surface area (Å²) in [5.41, 5.74) is 1.40. The van der Waals surface area contributed by atoms with Crippen LogP contribution in [-0.4, -0.2) is 38.7 Å². The van der Waals surface area contributed by atoms with E-state index in [0.717, 1.165) is 16.8 Å². The third kappa shape index (κ3) is 3.99. The Morgan fingerprint density at radius 2 is 2.24 bits per heavy atom. The van der Waals surface area contributed by atoms with Crippen molar-refractivity contribution in [1.29, 1.82) is 0 Å². The fourth-order valence-corrected chi connectivity index (χ4v) is 4.07. The molecule has 0 amide bonds. The fraction of sp³-hybridized carbons (Fsp3) is 0.647. The van der Waals surface area contributed by atoms with Crippen molar-refractivity contribution >= 4 is 15.9 Å². The van der Waals surface area contributed by atoms with E-state index in [9.17, 15) is 0 Å². The van der Waals surface area contributed by atoms with Crippen LogP contribution in [0.5, 0.6) is 5.75 Å². The van der Waals surface area contributed by atoms with Gasteiger partial charge in [0.2, 0.25) is 0 Å². The average molecular weight is 355 g/mol. The molecule has 1 saturated heterocycles. The van der Waals surface area contributed by atoms with Crippen molar-refractivity contribution in [2.45, 2.75) is 32.2 Å². The van der Waals surface area contributed by atoms with Gasteiger partial charge in [0.05, 0.1) is 11.6 Å². The van der Waals surface area contributed by atoms with E-state index in [1.165, 1.54) is 37.9 Å². The molecule has 2 rings (SSSR count). The van der Waals surface area contributed by atoms with E-state index >= 15 is 0 Å². The van der Waals surface area contributed by atoms with Gasteiger partial charge in [0.15, 0.2) is 0 Å². The number of hydrogen-bond donors (Lipinski definition) is 1. The Kier molecular flexibility index (Phi) is 6.52. The van der Waals surface area contributed by atoms with Crippen molar-refractivity contribution in [3.05, 3.63) is 28.2 Å². The molecular formula is C17H27BrN2O. The zero-order valence-corrected chi connectivity index (χ0v) is 14.9. The lowest BCUT2D eigenvalue weighted by Crippen LogP contribution is -2.42. The first-order valence-electron chi connectivity index (χ1n) is 7.93. The van der Waals surface area contributed by atoms with Gasteiger partial charge in [0, 0.05) is 6.04 Å². The van der Waals surface area contributed by atoms with Gasteiger partial charge in [-0.3, -0.25) is 4.90 Å². The van der Waals surface area contributed by atoms with E-state index < -0.39 is 0 Å². The molecule has 1 aromatic carbocycles. The monoisotopic (exact) mass is 354 g/mol. The molecule has 4 heteroatoms. The van der Waals surface area contributed by atoms with Crippen molar-refractivity contribution in [2.75, 3.05) is 33.8 Å². The van der Waals surface area contributed by atoms with Gasteiger partial charge in [0.25, 0.3) is 0 Å². The highest BCUT2D eigenvalue weighted by atomic mass is 79.9. The topological polar surface area (TPSA) is 24.5 Å². The van der Waals surface area contributed by atoms with E-state index in [4.69, 9.17) is 4.74 Å². The number of benzene rings is 1. The number of methoxy groups -OCH3 is 1. The fourth-order valence-electron chi connectivity index (χ4n) is 3.52. The van der Waals surface area contributed by atoms with E-state index in [-0.39, 0.29) is 0 Å². The van der Waals surface area contributed by atoms with Crippen LogP contribution in [0.2, 0.25) is 0 Å². The van der Waals surface area contributed by atoms with Crippen LogP contribution >= 0.6 is 15.9 Å². The van der Waals surface area contributed by atoms with E-state index in [1.54, 1.807) is 7.11 Å². The number of halogens is 1. The zero-order chi connectivity index (χ0) is 15.2. The maximum atomic E-state index is 5.36. The Bertz CT molecular complexity index is 434. The number of nitrogens with one attached hydrogen (secondary N) is 1. The number of rotatable bonds is 6. The summed E-state index contributed by atoms with van der Waals surface area (Å²) in [6.07, 6.45) is 3.82. The van der Waals surface area contributed by atoms with Crippen LogP contribution in [0.4, 0.5) is 0 Å². The number of likely N-dealkylation sites (tertiary alicyclic amines) is 1. The third-order valence-corrected chi connectivity index (χ3v) is 4.97. The number of ether oxygens (including phenoxy) is 1. The Hall–Kier alpha value is -0.580. The third-order valence-electron chi connectivity index (χ3n) is 4.35. The standard InChI is InChI=1S/C17H27BrN2O/c1-4-9-20-10-5-6-14(12-19-2)17(20)13-7-8-16(21-3)15(18)11-13/h7-8,11,14,17,19H,4-6,9-10,12H2,1-3H3. The molecule has 0 bridgehead atoms. The molecule has 21 heavy (non-hydrogen) atoms. The maximum absolute atomic E-state index is 5.36. The van der Waals surface area contributed by atoms with Gasteiger partial charge in [-0.15, -0.1) is 0 Å². The molecular weight excluding hydrogens is 328 g/mol. The lowest BCUT2D eigenvalue weighted by atomic mass is 9.84. The van der Waals surface area contributed by atoms with Crippen LogP contribution in [0.15, 0.2) is 22.7 Å². The highest BCUT2D eigenvalue weighted by Gasteiger charge is 2.31. The van der Waals surface area contributed by atoms with E-state index in [0.29, 0.717) is 12.0 Å². The van der Waals surface area contributed by atoms with Gasteiger partial charge in [-0.05, 0) is 85.5 Å². The smallest absolute Gasteiger partial charge is 0.133 e. The number of piperidine rings is 1. The van der Waals surface area contributed by atoms with Gasteiger partial charge in [0.1, 0.15) is 5.75 Å². The quantitative estimate of drug-likeness (QED) is 0.839. The van der Waals surface area contributed by atoms with Crippen LogP contribution < -0.4 is 10.1 Å². The lowest BCUT2D eigenvalue weighted by molar-refractivity contribution is 0.0923. The summed E-state index contributed by atoms with van der Waals surface area (Å²) in [5.74, 6) is 1.58. The van der Waals surface area contributed by atoms with Gasteiger partial charge in [-0.1, -0.05) is 13.0 Å². The minimum Gasteiger partial charge on any atom is -0.496 e. The second-order valence-electron chi connectivity index (χ2n) is 5.83. The summed E-state index contributed by atoms with van der Waals surface area (Å²) in [5, 5.41) is 3.37. The van der Waals surface area contributed by atoms with E-state index in [2.05, 4.69) is 58.3 Å². The van der Waals surface area contributed by atoms with Crippen LogP contribution in [0.3, 0.4) is 0 Å². The summed E-state index contributed by atoms with van der Waals surface area (Å²) in [7, 11) is 3.77. The molecule has 0 radical (unpaired) electrons. The summed E-state index contributed by atoms with van der Waals surface area (Å²) in [6, 6.07) is 7.05. The first kappa shape index (κ1) is 16.8. The molecule has 3 nitrogen and oxygen atoms in total. The van der Waals surface area contributed by atoms with Crippen molar-refractivity contribution in [3.63, 3.8) is 0 Å². The highest BCUT2D eigenvalue weighted by Crippen LogP contribution is 2.38. The van der Waals surface area contributed by atoms with Gasteiger partial charge in [-0.2, -0.15) is 0 Å². The molecule has 1 aliphatic heterocycles. The first-order valence-corrected chi connectivity index (χ1v) is 8.72. The van der Waals surface area contributed by atoms with Crippen LogP contribution in [0.25, 0.3) is 0 Å². The second-order valence-corrected chi connectivity index (χ2v) is 6.69. The Balaban J connectivity index is 2.30. The molecule has 2 unspecified atom stereocenters. The SMILES string of the molecule is CCCN1CCCC(CNC)C1c1ccc(OC)c(Br)c1. The summed E-state index contributed by atoms with van der Waals surface area (Å²) in [4.78, 5) is 2.65. The van der Waals surface area contributed by atoms with Crippen molar-refractivity contribution in [3.8, 4) is 5.75 Å². The first-order chi connectivity index (χ1) is 10.2. The zero-order valence-electron chi connectivity index (χ0n) is 13.4. The lowest BCUT2D eigenvalue weighted by Gasteiger charge is -2.42. The van der Waals surface area contributed by atoms with E-state index in [1.807, 2.05) is 0 Å². The predicted octanol–water partition coefficient (Wildman–Crippen LogP) is 3.84. The Labute approximate surface area is 137 Å². The predicted molar refractivity (Wildman–Crippen MR) is 91.9 cm³/mol. The number of hydrogen-bond acceptors (Lipinski definition) is 3. The van der Waals surface area contributed by atoms with Crippen LogP contribution in [0.1, 0.15) is 37.8 Å². The van der Waals surface area contributed by atoms with Crippen LogP contribution in [0, 0.1) is 5.92 Å². The van der Waals surface area contributed by atoms with Crippen molar-refractivity contribution < 1.29 is 4.74 Å².